The van der Waals surface area contributed by atoms with E-state index in [9.17, 15) is 23.1 Å². The highest BCUT2D eigenvalue weighted by Crippen LogP contribution is 2.19. The molecule has 2 rings (SSSR count). The zero-order valence-electron chi connectivity index (χ0n) is 15.7. The number of aliphatic hydroxyl groups is 1. The number of primary amides is 1. The Kier molecular flexibility index (Phi) is 7.57. The topological polar surface area (TPSA) is 252 Å². The Morgan fingerprint density at radius 1 is 1.37 bits per heavy atom. The number of nitrogens with zero attached hydrogens (tertiary/aromatic N) is 3. The van der Waals surface area contributed by atoms with Crippen molar-refractivity contribution >= 4 is 22.1 Å². The van der Waals surface area contributed by atoms with E-state index in [0.29, 0.717) is 5.69 Å². The van der Waals surface area contributed by atoms with E-state index in [1.54, 1.807) is 10.9 Å². The number of aromatic nitrogens is 4. The second-order valence-corrected chi connectivity index (χ2v) is 7.88. The number of aliphatic carboxylic acids is 1. The van der Waals surface area contributed by atoms with Crippen LogP contribution in [0.1, 0.15) is 42.8 Å². The molecule has 16 heteroatoms. The van der Waals surface area contributed by atoms with Crippen LogP contribution in [0.25, 0.3) is 0 Å². The fraction of sp³-hybridized carbons (Fsp3) is 0.500. The molecule has 2 unspecified atom stereocenters. The summed E-state index contributed by atoms with van der Waals surface area (Å²) in [4.78, 5) is 33.2. The number of aromatic amines is 1. The van der Waals surface area contributed by atoms with Crippen LogP contribution in [-0.2, 0) is 26.2 Å². The lowest BCUT2D eigenvalue weighted by Gasteiger charge is -2.19. The highest BCUT2D eigenvalue weighted by molar-refractivity contribution is 7.87. The number of carboxylic acid groups (broad SMARTS) is 1. The molecule has 9 N–H and O–H groups in total. The summed E-state index contributed by atoms with van der Waals surface area (Å²) in [5.74, 6) is -2.77. The normalized spacial score (nSPS) is 16.0. The van der Waals surface area contributed by atoms with E-state index in [4.69, 9.17) is 21.1 Å². The summed E-state index contributed by atoms with van der Waals surface area (Å²) >= 11 is 0. The van der Waals surface area contributed by atoms with Crippen molar-refractivity contribution in [1.29, 1.82) is 0 Å². The molecular formula is C14H22N8O7S. The number of carboxylic acids is 1. The van der Waals surface area contributed by atoms with Gasteiger partial charge in [-0.05, 0) is 6.92 Å². The summed E-state index contributed by atoms with van der Waals surface area (Å²) in [6.45, 7) is 1.09. The van der Waals surface area contributed by atoms with E-state index < -0.39 is 52.7 Å². The van der Waals surface area contributed by atoms with Gasteiger partial charge in [-0.1, -0.05) is 5.16 Å². The van der Waals surface area contributed by atoms with E-state index in [2.05, 4.69) is 20.1 Å². The number of aliphatic hydroxyl groups excluding tert-OH is 1. The fourth-order valence-electron chi connectivity index (χ4n) is 2.39. The number of carbonyl (C=O) groups excluding carboxylic acids is 1. The summed E-state index contributed by atoms with van der Waals surface area (Å²) in [6, 6.07) is -3.96. The number of hydrogen-bond acceptors (Lipinski definition) is 10. The molecular weight excluding hydrogens is 424 g/mol. The molecule has 30 heavy (non-hydrogen) atoms. The quantitative estimate of drug-likeness (QED) is 0.175. The van der Waals surface area contributed by atoms with Gasteiger partial charge in [-0.2, -0.15) is 22.8 Å². The molecule has 0 aromatic carbocycles. The minimum Gasteiger partial charge on any atom is -0.480 e. The number of carbonyl (C=O) groups is 2. The molecule has 2 heterocycles. The van der Waals surface area contributed by atoms with Crippen LogP contribution in [0.4, 0.5) is 0 Å². The number of rotatable bonds is 12. The van der Waals surface area contributed by atoms with E-state index in [-0.39, 0.29) is 18.1 Å². The van der Waals surface area contributed by atoms with Crippen molar-refractivity contribution in [3.8, 4) is 0 Å². The van der Waals surface area contributed by atoms with Gasteiger partial charge in [0.25, 0.3) is 10.2 Å². The molecule has 0 saturated carbocycles. The first-order valence-electron chi connectivity index (χ1n) is 8.53. The molecule has 166 valence electrons. The molecule has 0 fully saturated rings. The van der Waals surface area contributed by atoms with E-state index >= 15 is 0 Å². The lowest BCUT2D eigenvalue weighted by Crippen LogP contribution is -2.52. The fourth-order valence-corrected chi connectivity index (χ4v) is 3.65. The lowest BCUT2D eigenvalue weighted by molar-refractivity contribution is -0.141. The van der Waals surface area contributed by atoms with Crippen LogP contribution >= 0.6 is 0 Å². The first kappa shape index (κ1) is 23.4. The monoisotopic (exact) mass is 446 g/mol. The molecule has 2 aromatic heterocycles. The third-order valence-electron chi connectivity index (χ3n) is 3.82. The molecule has 0 aliphatic carbocycles. The Bertz CT molecular complexity index is 959. The molecule has 0 saturated heterocycles. The molecule has 15 nitrogen and oxygen atoms in total. The smallest absolute Gasteiger partial charge is 0.324 e. The van der Waals surface area contributed by atoms with Gasteiger partial charge in [-0.25, -0.2) is 4.98 Å². The standard InChI is InChI=1S/C14H22N8O7S/c1-6(23)11(14(25)26)22-30(27,28)21-9(3-10(16)24)13-19-12(20-29-13)8(15)2-7-4-17-5-18-7/h4-6,8-9,11,21-23H,2-3,15H2,1H3,(H2,16,24)(H,17,18)(H,25,26)/t6?,8-,9-,11?/m0/s1. The molecule has 0 spiro atoms. The van der Waals surface area contributed by atoms with Crippen LogP contribution in [0.3, 0.4) is 0 Å². The molecule has 2 aromatic rings. The third kappa shape index (κ3) is 6.56. The number of amides is 1. The first-order valence-corrected chi connectivity index (χ1v) is 10.0. The highest BCUT2D eigenvalue weighted by Gasteiger charge is 2.32. The predicted octanol–water partition coefficient (Wildman–Crippen LogP) is -2.79. The van der Waals surface area contributed by atoms with Gasteiger partial charge in [0.05, 0.1) is 24.9 Å². The average molecular weight is 446 g/mol. The van der Waals surface area contributed by atoms with Crippen LogP contribution in [-0.4, -0.2) is 62.8 Å². The number of hydrogen-bond donors (Lipinski definition) is 7. The summed E-state index contributed by atoms with van der Waals surface area (Å²) < 4.78 is 33.4. The van der Waals surface area contributed by atoms with E-state index in [1.807, 2.05) is 4.72 Å². The van der Waals surface area contributed by atoms with Gasteiger partial charge in [-0.15, -0.1) is 0 Å². The molecule has 1 amide bonds. The van der Waals surface area contributed by atoms with Crippen molar-refractivity contribution in [3.05, 3.63) is 29.9 Å². The van der Waals surface area contributed by atoms with Gasteiger partial charge >= 0.3 is 5.97 Å². The summed E-state index contributed by atoms with van der Waals surface area (Å²) in [7, 11) is -4.54. The third-order valence-corrected chi connectivity index (χ3v) is 4.97. The number of imidazole rings is 1. The van der Waals surface area contributed by atoms with Gasteiger partial charge in [0, 0.05) is 18.3 Å². The van der Waals surface area contributed by atoms with Crippen LogP contribution in [0, 0.1) is 0 Å². The Morgan fingerprint density at radius 3 is 2.60 bits per heavy atom. The Hall–Kier alpha value is -2.92. The summed E-state index contributed by atoms with van der Waals surface area (Å²) in [5.41, 5.74) is 11.8. The minimum absolute atomic E-state index is 0.0358. The summed E-state index contributed by atoms with van der Waals surface area (Å²) in [5, 5.41) is 22.1. The summed E-state index contributed by atoms with van der Waals surface area (Å²) in [6.07, 6.45) is 1.19. The average Bonchev–Trinajstić information content (AvgIpc) is 3.29. The zero-order valence-corrected chi connectivity index (χ0v) is 16.5. The molecule has 0 radical (unpaired) electrons. The molecule has 0 bridgehead atoms. The minimum atomic E-state index is -4.54. The SMILES string of the molecule is CC(O)C(NS(=O)(=O)N[C@@H](CC(N)=O)c1nc([C@@H](N)Cc2cnc[nH]2)no1)C(=O)O. The maximum Gasteiger partial charge on any atom is 0.324 e. The second-order valence-electron chi connectivity index (χ2n) is 6.40. The maximum atomic E-state index is 12.3. The first-order chi connectivity index (χ1) is 14.0. The van der Waals surface area contributed by atoms with Crippen molar-refractivity contribution in [1.82, 2.24) is 29.6 Å². The van der Waals surface area contributed by atoms with Crippen molar-refractivity contribution in [2.24, 2.45) is 11.5 Å². The Balaban J connectivity index is 2.18. The molecule has 4 atom stereocenters. The lowest BCUT2D eigenvalue weighted by atomic mass is 10.1. The Morgan fingerprint density at radius 2 is 2.07 bits per heavy atom. The molecule has 0 aliphatic heterocycles. The predicted molar refractivity (Wildman–Crippen MR) is 98.4 cm³/mol. The van der Waals surface area contributed by atoms with Gasteiger partial charge in [0.15, 0.2) is 5.82 Å². The van der Waals surface area contributed by atoms with Crippen LogP contribution in [0.2, 0.25) is 0 Å². The van der Waals surface area contributed by atoms with Gasteiger partial charge < -0.3 is 31.2 Å². The van der Waals surface area contributed by atoms with E-state index in [1.165, 1.54) is 6.33 Å². The van der Waals surface area contributed by atoms with Crippen LogP contribution in [0.15, 0.2) is 17.0 Å². The maximum absolute atomic E-state index is 12.3. The molecule has 0 aliphatic rings. The number of H-pyrrole nitrogens is 1. The van der Waals surface area contributed by atoms with E-state index in [0.717, 1.165) is 6.92 Å². The highest BCUT2D eigenvalue weighted by atomic mass is 32.2. The van der Waals surface area contributed by atoms with Crippen molar-refractivity contribution in [2.75, 3.05) is 0 Å². The number of nitrogens with two attached hydrogens (primary N) is 2. The van der Waals surface area contributed by atoms with Gasteiger partial charge in [-0.3, -0.25) is 9.59 Å². The van der Waals surface area contributed by atoms with Crippen molar-refractivity contribution < 1.29 is 32.7 Å². The largest absolute Gasteiger partial charge is 0.480 e. The van der Waals surface area contributed by atoms with Crippen molar-refractivity contribution in [3.63, 3.8) is 0 Å². The van der Waals surface area contributed by atoms with Gasteiger partial charge in [0.2, 0.25) is 11.8 Å². The Labute approximate surface area is 170 Å². The van der Waals surface area contributed by atoms with Crippen molar-refractivity contribution in [2.45, 2.75) is 44.0 Å². The van der Waals surface area contributed by atoms with Crippen LogP contribution in [0.5, 0.6) is 0 Å². The van der Waals surface area contributed by atoms with Gasteiger partial charge in [0.1, 0.15) is 12.1 Å². The zero-order chi connectivity index (χ0) is 22.5. The number of nitrogens with one attached hydrogen (secondary N) is 3. The van der Waals surface area contributed by atoms with Crippen LogP contribution < -0.4 is 20.9 Å². The second kappa shape index (κ2) is 9.72.